The van der Waals surface area contributed by atoms with Crippen molar-refractivity contribution in [1.82, 2.24) is 19.1 Å². The maximum atomic E-state index is 12.7. The highest BCUT2D eigenvalue weighted by Gasteiger charge is 2.22. The number of rotatable bonds is 8. The zero-order chi connectivity index (χ0) is 23.5. The van der Waals surface area contributed by atoms with Gasteiger partial charge in [-0.1, -0.05) is 48.0 Å². The summed E-state index contributed by atoms with van der Waals surface area (Å²) in [5, 5.41) is 10.7. The first kappa shape index (κ1) is 22.3. The second kappa shape index (κ2) is 9.33. The van der Waals surface area contributed by atoms with Crippen molar-refractivity contribution < 1.29 is 9.84 Å². The predicted molar refractivity (Wildman–Crippen MR) is 127 cm³/mol. The molecule has 0 saturated heterocycles. The minimum atomic E-state index is -0.913. The predicted octanol–water partition coefficient (Wildman–Crippen LogP) is 1.81. The van der Waals surface area contributed by atoms with E-state index in [1.165, 1.54) is 4.57 Å². The van der Waals surface area contributed by atoms with Gasteiger partial charge in [0.25, 0.3) is 5.56 Å². The first-order valence-corrected chi connectivity index (χ1v) is 10.7. The summed E-state index contributed by atoms with van der Waals surface area (Å²) in [6.45, 7) is 2.62. The standard InChI is InChI=1S/C24H27N5O4/c1-16-9-11-19(12-10-16)33-15-18(30)14-29-20-21(28(3)24(32)26-22(20)31)25-23(29)27(2)13-17-7-5-4-6-8-17/h4-12,18,30H,13-15H2,1-3H3,(H,26,31,32)/t18-/m1/s1. The lowest BCUT2D eigenvalue weighted by molar-refractivity contribution is 0.0936. The zero-order valence-electron chi connectivity index (χ0n) is 18.9. The Balaban J connectivity index is 1.66. The molecule has 4 aromatic rings. The number of imidazole rings is 1. The van der Waals surface area contributed by atoms with Crippen LogP contribution in [0.15, 0.2) is 64.2 Å². The van der Waals surface area contributed by atoms with Crippen LogP contribution in [0.4, 0.5) is 5.95 Å². The number of aromatic amines is 1. The van der Waals surface area contributed by atoms with Crippen LogP contribution in [0.25, 0.3) is 11.2 Å². The molecule has 2 heterocycles. The van der Waals surface area contributed by atoms with E-state index in [0.29, 0.717) is 18.2 Å². The number of aromatic nitrogens is 4. The molecular weight excluding hydrogens is 422 g/mol. The van der Waals surface area contributed by atoms with E-state index < -0.39 is 17.4 Å². The second-order valence-electron chi connectivity index (χ2n) is 8.13. The molecule has 0 spiro atoms. The summed E-state index contributed by atoms with van der Waals surface area (Å²) in [6.07, 6.45) is -0.913. The Bertz CT molecular complexity index is 1360. The van der Waals surface area contributed by atoms with E-state index in [4.69, 9.17) is 4.74 Å². The van der Waals surface area contributed by atoms with Crippen molar-refractivity contribution >= 4 is 17.1 Å². The molecule has 9 heteroatoms. The Morgan fingerprint density at radius 2 is 1.82 bits per heavy atom. The number of benzene rings is 2. The van der Waals surface area contributed by atoms with Gasteiger partial charge in [-0.2, -0.15) is 4.98 Å². The number of nitrogens with zero attached hydrogens (tertiary/aromatic N) is 4. The van der Waals surface area contributed by atoms with Gasteiger partial charge < -0.3 is 19.3 Å². The molecule has 33 heavy (non-hydrogen) atoms. The highest BCUT2D eigenvalue weighted by molar-refractivity contribution is 5.74. The minimum absolute atomic E-state index is 0.0360. The number of fused-ring (bicyclic) bond motifs is 1. The van der Waals surface area contributed by atoms with Crippen LogP contribution in [-0.2, 0) is 20.1 Å². The molecule has 2 aromatic carbocycles. The third-order valence-corrected chi connectivity index (χ3v) is 5.45. The Morgan fingerprint density at radius 3 is 2.52 bits per heavy atom. The minimum Gasteiger partial charge on any atom is -0.491 e. The summed E-state index contributed by atoms with van der Waals surface area (Å²) in [4.78, 5) is 33.6. The third-order valence-electron chi connectivity index (χ3n) is 5.45. The Labute approximate surface area is 190 Å². The summed E-state index contributed by atoms with van der Waals surface area (Å²) >= 11 is 0. The molecule has 172 valence electrons. The van der Waals surface area contributed by atoms with Crippen molar-refractivity contribution in [2.24, 2.45) is 7.05 Å². The van der Waals surface area contributed by atoms with Gasteiger partial charge in [-0.25, -0.2) is 4.79 Å². The van der Waals surface area contributed by atoms with Gasteiger partial charge >= 0.3 is 5.69 Å². The number of aliphatic hydroxyl groups is 1. The molecule has 0 fully saturated rings. The fourth-order valence-electron chi connectivity index (χ4n) is 3.71. The molecule has 0 radical (unpaired) electrons. The first-order valence-electron chi connectivity index (χ1n) is 10.7. The molecule has 9 nitrogen and oxygen atoms in total. The van der Waals surface area contributed by atoms with Crippen molar-refractivity contribution in [3.05, 3.63) is 86.6 Å². The van der Waals surface area contributed by atoms with Crippen LogP contribution in [0.2, 0.25) is 0 Å². The van der Waals surface area contributed by atoms with E-state index in [1.54, 1.807) is 11.6 Å². The number of H-pyrrole nitrogens is 1. The van der Waals surface area contributed by atoms with Crippen molar-refractivity contribution in [3.63, 3.8) is 0 Å². The number of anilines is 1. The molecule has 0 unspecified atom stereocenters. The fourth-order valence-corrected chi connectivity index (χ4v) is 3.71. The molecule has 2 N–H and O–H groups in total. The maximum Gasteiger partial charge on any atom is 0.329 e. The van der Waals surface area contributed by atoms with Crippen LogP contribution in [-0.4, -0.2) is 44.0 Å². The van der Waals surface area contributed by atoms with Crippen LogP contribution in [0.3, 0.4) is 0 Å². The smallest absolute Gasteiger partial charge is 0.329 e. The highest BCUT2D eigenvalue weighted by Crippen LogP contribution is 2.21. The fraction of sp³-hybridized carbons (Fsp3) is 0.292. The normalized spacial score (nSPS) is 12.1. The average molecular weight is 450 g/mol. The lowest BCUT2D eigenvalue weighted by Crippen LogP contribution is -2.31. The van der Waals surface area contributed by atoms with Gasteiger partial charge in [0.1, 0.15) is 18.5 Å². The number of nitrogens with one attached hydrogen (secondary N) is 1. The van der Waals surface area contributed by atoms with E-state index >= 15 is 0 Å². The summed E-state index contributed by atoms with van der Waals surface area (Å²) in [5.74, 6) is 1.12. The van der Waals surface area contributed by atoms with Crippen LogP contribution >= 0.6 is 0 Å². The van der Waals surface area contributed by atoms with Gasteiger partial charge in [0.2, 0.25) is 5.95 Å². The SMILES string of the molecule is Cc1ccc(OC[C@H](O)Cn2c(N(C)Cc3ccccc3)nc3c2c(=O)[nH]c(=O)n3C)cc1. The number of ether oxygens (including phenoxy) is 1. The first-order chi connectivity index (χ1) is 15.8. The second-order valence-corrected chi connectivity index (χ2v) is 8.13. The molecule has 0 bridgehead atoms. The van der Waals surface area contributed by atoms with E-state index in [9.17, 15) is 14.7 Å². The summed E-state index contributed by atoms with van der Waals surface area (Å²) in [7, 11) is 3.40. The van der Waals surface area contributed by atoms with Gasteiger partial charge in [-0.15, -0.1) is 0 Å². The third kappa shape index (κ3) is 4.83. The number of hydrogen-bond acceptors (Lipinski definition) is 6. The van der Waals surface area contributed by atoms with Crippen LogP contribution in [0, 0.1) is 6.92 Å². The Hall–Kier alpha value is -3.85. The number of hydrogen-bond donors (Lipinski definition) is 2. The van der Waals surface area contributed by atoms with Crippen LogP contribution in [0.5, 0.6) is 5.75 Å². The topological polar surface area (TPSA) is 105 Å². The Kier molecular flexibility index (Phi) is 6.32. The highest BCUT2D eigenvalue weighted by atomic mass is 16.5. The van der Waals surface area contributed by atoms with Gasteiger partial charge in [-0.05, 0) is 24.6 Å². The quantitative estimate of drug-likeness (QED) is 0.425. The molecule has 0 aliphatic carbocycles. The molecule has 0 aliphatic rings. The van der Waals surface area contributed by atoms with E-state index in [1.807, 2.05) is 73.5 Å². The van der Waals surface area contributed by atoms with Crippen LogP contribution in [0.1, 0.15) is 11.1 Å². The van der Waals surface area contributed by atoms with Crippen LogP contribution < -0.4 is 20.9 Å². The molecule has 4 rings (SSSR count). The van der Waals surface area contributed by atoms with Gasteiger partial charge in [-0.3, -0.25) is 14.3 Å². The number of aliphatic hydroxyl groups excluding tert-OH is 1. The lowest BCUT2D eigenvalue weighted by atomic mass is 10.2. The summed E-state index contributed by atoms with van der Waals surface area (Å²) in [5.41, 5.74) is 1.56. The zero-order valence-corrected chi connectivity index (χ0v) is 18.9. The molecule has 2 aromatic heterocycles. The van der Waals surface area contributed by atoms with E-state index in [-0.39, 0.29) is 24.3 Å². The lowest BCUT2D eigenvalue weighted by Gasteiger charge is -2.21. The molecule has 0 aliphatic heterocycles. The largest absolute Gasteiger partial charge is 0.491 e. The van der Waals surface area contributed by atoms with E-state index in [2.05, 4.69) is 9.97 Å². The molecule has 0 amide bonds. The van der Waals surface area contributed by atoms with Crippen molar-refractivity contribution in [2.45, 2.75) is 26.1 Å². The number of aryl methyl sites for hydroxylation is 2. The Morgan fingerprint density at radius 1 is 1.12 bits per heavy atom. The molecule has 1 atom stereocenters. The summed E-state index contributed by atoms with van der Waals surface area (Å²) < 4.78 is 8.65. The monoisotopic (exact) mass is 449 g/mol. The van der Waals surface area contributed by atoms with Gasteiger partial charge in [0, 0.05) is 20.6 Å². The molecule has 0 saturated carbocycles. The van der Waals surface area contributed by atoms with E-state index in [0.717, 1.165) is 11.1 Å². The van der Waals surface area contributed by atoms with Crippen molar-refractivity contribution in [1.29, 1.82) is 0 Å². The maximum absolute atomic E-state index is 12.7. The average Bonchev–Trinajstić information content (AvgIpc) is 3.18. The van der Waals surface area contributed by atoms with Gasteiger partial charge in [0.15, 0.2) is 11.2 Å². The molecular formula is C24H27N5O4. The van der Waals surface area contributed by atoms with Gasteiger partial charge in [0.05, 0.1) is 6.54 Å². The van der Waals surface area contributed by atoms with Crippen molar-refractivity contribution in [3.8, 4) is 5.75 Å². The van der Waals surface area contributed by atoms with Crippen molar-refractivity contribution in [2.75, 3.05) is 18.6 Å². The summed E-state index contributed by atoms with van der Waals surface area (Å²) in [6, 6.07) is 17.4.